The highest BCUT2D eigenvalue weighted by Gasteiger charge is 2.25. The van der Waals surface area contributed by atoms with E-state index in [-0.39, 0.29) is 23.8 Å². The van der Waals surface area contributed by atoms with Gasteiger partial charge in [0.25, 0.3) is 5.56 Å². The fourth-order valence-corrected chi connectivity index (χ4v) is 2.86. The molecule has 0 bridgehead atoms. The number of amides is 1. The maximum Gasteiger partial charge on any atom is 0.326 e. The lowest BCUT2D eigenvalue weighted by Gasteiger charge is -2.20. The second-order valence-corrected chi connectivity index (χ2v) is 6.65. The Labute approximate surface area is 152 Å². The van der Waals surface area contributed by atoms with Gasteiger partial charge in [-0.15, -0.1) is 0 Å². The Balaban J connectivity index is 2.09. The third-order valence-electron chi connectivity index (χ3n) is 4.74. The average Bonchev–Trinajstić information content (AvgIpc) is 2.61. The van der Waals surface area contributed by atoms with E-state index in [9.17, 15) is 19.5 Å². The number of fused-ring (bicyclic) bond motifs is 1. The van der Waals surface area contributed by atoms with Crippen molar-refractivity contribution < 1.29 is 14.7 Å². The van der Waals surface area contributed by atoms with Crippen LogP contribution in [0.3, 0.4) is 0 Å². The molecule has 2 rings (SSSR count). The van der Waals surface area contributed by atoms with Crippen LogP contribution >= 0.6 is 0 Å². The van der Waals surface area contributed by atoms with Crippen LogP contribution in [0.1, 0.15) is 37.9 Å². The maximum atomic E-state index is 12.1. The third-order valence-corrected chi connectivity index (χ3v) is 4.74. The van der Waals surface area contributed by atoms with Crippen LogP contribution in [0.2, 0.25) is 0 Å². The molecule has 2 aromatic rings. The molecule has 140 valence electrons. The van der Waals surface area contributed by atoms with Crippen LogP contribution in [0.15, 0.2) is 23.0 Å². The van der Waals surface area contributed by atoms with E-state index >= 15 is 0 Å². The van der Waals surface area contributed by atoms with Crippen LogP contribution in [-0.2, 0) is 23.1 Å². The summed E-state index contributed by atoms with van der Waals surface area (Å²) in [6.07, 6.45) is 1.33. The summed E-state index contributed by atoms with van der Waals surface area (Å²) in [5.74, 6) is -1.44. The third kappa shape index (κ3) is 4.28. The Morgan fingerprint density at radius 2 is 2.04 bits per heavy atom. The van der Waals surface area contributed by atoms with Crippen LogP contribution in [0.4, 0.5) is 0 Å². The summed E-state index contributed by atoms with van der Waals surface area (Å²) in [7, 11) is 1.70. The first-order valence-electron chi connectivity index (χ1n) is 8.73. The smallest absolute Gasteiger partial charge is 0.326 e. The Kier molecular flexibility index (Phi) is 6.13. The minimum atomic E-state index is -1.01. The minimum absolute atomic E-state index is 0.130. The molecule has 1 amide bonds. The zero-order valence-electron chi connectivity index (χ0n) is 15.6. The molecule has 2 atom stereocenters. The molecule has 0 saturated carbocycles. The fourth-order valence-electron chi connectivity index (χ4n) is 2.86. The topological polar surface area (TPSA) is 101 Å². The Morgan fingerprint density at radius 1 is 1.35 bits per heavy atom. The van der Waals surface area contributed by atoms with Gasteiger partial charge in [-0.2, -0.15) is 0 Å². The molecule has 0 saturated heterocycles. The molecular formula is C19H25N3O4. The standard InChI is InChI=1S/C19H25N3O4/c1-5-11(2)17(19(25)26)21-16(23)9-7-13-6-8-15-14(10-13)20-12(3)18(24)22(15)4/h6,8,10-11,17H,5,7,9H2,1-4H3,(H,21,23)(H,25,26)/t11-,17+/m1/s1. The first-order chi connectivity index (χ1) is 12.2. The summed E-state index contributed by atoms with van der Waals surface area (Å²) in [6.45, 7) is 5.37. The Bertz CT molecular complexity index is 888. The summed E-state index contributed by atoms with van der Waals surface area (Å²) in [6, 6.07) is 4.66. The molecule has 2 N–H and O–H groups in total. The number of rotatable bonds is 7. The van der Waals surface area contributed by atoms with Crippen LogP contribution in [-0.4, -0.2) is 32.6 Å². The number of carbonyl (C=O) groups excluding carboxylic acids is 1. The van der Waals surface area contributed by atoms with E-state index in [4.69, 9.17) is 0 Å². The van der Waals surface area contributed by atoms with Crippen molar-refractivity contribution in [3.63, 3.8) is 0 Å². The first kappa shape index (κ1) is 19.6. The molecule has 0 radical (unpaired) electrons. The van der Waals surface area contributed by atoms with Gasteiger partial charge >= 0.3 is 5.97 Å². The second-order valence-electron chi connectivity index (χ2n) is 6.65. The van der Waals surface area contributed by atoms with Crippen molar-refractivity contribution in [2.75, 3.05) is 0 Å². The minimum Gasteiger partial charge on any atom is -0.480 e. The van der Waals surface area contributed by atoms with Crippen LogP contribution in [0.5, 0.6) is 0 Å². The zero-order valence-corrected chi connectivity index (χ0v) is 15.6. The Morgan fingerprint density at radius 3 is 2.65 bits per heavy atom. The van der Waals surface area contributed by atoms with Crippen molar-refractivity contribution in [3.8, 4) is 0 Å². The van der Waals surface area contributed by atoms with Gasteiger partial charge in [0.15, 0.2) is 0 Å². The molecule has 26 heavy (non-hydrogen) atoms. The van der Waals surface area contributed by atoms with Gasteiger partial charge in [-0.25, -0.2) is 9.78 Å². The van der Waals surface area contributed by atoms with Crippen molar-refractivity contribution in [1.82, 2.24) is 14.9 Å². The SMILES string of the molecule is CC[C@@H](C)[C@H](NC(=O)CCc1ccc2c(c1)nc(C)c(=O)n2C)C(=O)O. The monoisotopic (exact) mass is 359 g/mol. The van der Waals surface area contributed by atoms with Gasteiger partial charge in [0.05, 0.1) is 11.0 Å². The number of carbonyl (C=O) groups is 2. The number of aliphatic carboxylic acids is 1. The van der Waals surface area contributed by atoms with Crippen molar-refractivity contribution in [2.24, 2.45) is 13.0 Å². The highest BCUT2D eigenvalue weighted by atomic mass is 16.4. The zero-order chi connectivity index (χ0) is 19.4. The number of aromatic nitrogens is 2. The predicted octanol–water partition coefficient (Wildman–Crippen LogP) is 1.79. The lowest BCUT2D eigenvalue weighted by Crippen LogP contribution is -2.45. The van der Waals surface area contributed by atoms with E-state index < -0.39 is 12.0 Å². The largest absolute Gasteiger partial charge is 0.480 e. The molecule has 0 spiro atoms. The highest BCUT2D eigenvalue weighted by Crippen LogP contribution is 2.14. The van der Waals surface area contributed by atoms with Crippen LogP contribution in [0.25, 0.3) is 11.0 Å². The van der Waals surface area contributed by atoms with Gasteiger partial charge < -0.3 is 15.0 Å². The molecule has 0 unspecified atom stereocenters. The van der Waals surface area contributed by atoms with E-state index in [1.807, 2.05) is 25.1 Å². The lowest BCUT2D eigenvalue weighted by atomic mass is 9.99. The quantitative estimate of drug-likeness (QED) is 0.785. The summed E-state index contributed by atoms with van der Waals surface area (Å²) in [5.41, 5.74) is 2.64. The van der Waals surface area contributed by atoms with Gasteiger partial charge in [-0.05, 0) is 37.0 Å². The van der Waals surface area contributed by atoms with Crippen molar-refractivity contribution in [2.45, 2.75) is 46.1 Å². The van der Waals surface area contributed by atoms with E-state index in [0.29, 0.717) is 24.1 Å². The number of hydrogen-bond donors (Lipinski definition) is 2. The maximum absolute atomic E-state index is 12.1. The molecule has 1 aromatic heterocycles. The van der Waals surface area contributed by atoms with Crippen molar-refractivity contribution >= 4 is 22.9 Å². The Hall–Kier alpha value is -2.70. The van der Waals surface area contributed by atoms with E-state index in [0.717, 1.165) is 11.1 Å². The molecule has 1 heterocycles. The number of carboxylic acid groups (broad SMARTS) is 1. The molecular weight excluding hydrogens is 334 g/mol. The van der Waals surface area contributed by atoms with Crippen LogP contribution in [0, 0.1) is 12.8 Å². The normalized spacial score (nSPS) is 13.4. The molecule has 0 aliphatic heterocycles. The van der Waals surface area contributed by atoms with Gasteiger partial charge in [0, 0.05) is 13.5 Å². The van der Waals surface area contributed by atoms with E-state index in [1.54, 1.807) is 25.5 Å². The summed E-state index contributed by atoms with van der Waals surface area (Å²) < 4.78 is 1.55. The predicted molar refractivity (Wildman–Crippen MR) is 99.1 cm³/mol. The number of hydrogen-bond acceptors (Lipinski definition) is 4. The average molecular weight is 359 g/mol. The number of nitrogens with one attached hydrogen (secondary N) is 1. The molecule has 1 aromatic carbocycles. The summed E-state index contributed by atoms with van der Waals surface area (Å²) in [4.78, 5) is 39.7. The highest BCUT2D eigenvalue weighted by molar-refractivity contribution is 5.84. The van der Waals surface area contributed by atoms with E-state index in [2.05, 4.69) is 10.3 Å². The summed E-state index contributed by atoms with van der Waals surface area (Å²) >= 11 is 0. The first-order valence-corrected chi connectivity index (χ1v) is 8.73. The molecule has 7 heteroatoms. The summed E-state index contributed by atoms with van der Waals surface area (Å²) in [5, 5.41) is 11.9. The fraction of sp³-hybridized carbons (Fsp3) is 0.474. The van der Waals surface area contributed by atoms with Crippen LogP contribution < -0.4 is 10.9 Å². The van der Waals surface area contributed by atoms with Crippen molar-refractivity contribution in [3.05, 3.63) is 39.8 Å². The molecule has 0 aliphatic carbocycles. The van der Waals surface area contributed by atoms with E-state index in [1.165, 1.54) is 0 Å². The number of aryl methyl sites for hydroxylation is 3. The van der Waals surface area contributed by atoms with Gasteiger partial charge in [-0.1, -0.05) is 26.3 Å². The van der Waals surface area contributed by atoms with Gasteiger partial charge in [0.2, 0.25) is 5.91 Å². The second kappa shape index (κ2) is 8.12. The van der Waals surface area contributed by atoms with Gasteiger partial charge in [0.1, 0.15) is 11.7 Å². The number of carboxylic acids is 1. The lowest BCUT2D eigenvalue weighted by molar-refractivity contribution is -0.143. The van der Waals surface area contributed by atoms with Gasteiger partial charge in [-0.3, -0.25) is 9.59 Å². The molecule has 7 nitrogen and oxygen atoms in total. The number of nitrogens with zero attached hydrogens (tertiary/aromatic N) is 2. The van der Waals surface area contributed by atoms with Crippen molar-refractivity contribution in [1.29, 1.82) is 0 Å². The number of benzene rings is 1. The molecule has 0 aliphatic rings. The molecule has 0 fully saturated rings.